The molecule has 2 aliphatic rings. The van der Waals surface area contributed by atoms with Crippen molar-refractivity contribution < 1.29 is 9.72 Å². The zero-order valence-corrected chi connectivity index (χ0v) is 13.6. The minimum absolute atomic E-state index is 0. The molecule has 3 rings (SSSR count). The van der Waals surface area contributed by atoms with Crippen molar-refractivity contribution in [3.8, 4) is 0 Å². The second kappa shape index (κ2) is 7.14. The number of nitrogens with two attached hydrogens (primary N) is 1. The maximum Gasteiger partial charge on any atom is 0.292 e. The third kappa shape index (κ3) is 3.40. The molecular formula is C15H21ClN4O3. The van der Waals surface area contributed by atoms with E-state index in [1.165, 1.54) is 12.1 Å². The van der Waals surface area contributed by atoms with Crippen molar-refractivity contribution in [1.82, 2.24) is 10.2 Å². The number of hydrogen-bond donors (Lipinski definition) is 2. The van der Waals surface area contributed by atoms with Crippen LogP contribution in [-0.2, 0) is 0 Å². The first kappa shape index (κ1) is 17.5. The summed E-state index contributed by atoms with van der Waals surface area (Å²) in [5, 5.41) is 14.4. The molecule has 0 aromatic heterocycles. The average Bonchev–Trinajstić information content (AvgIpc) is 2.85. The minimum atomic E-state index is -0.551. The standard InChI is InChI=1S/C15H20N4O3.ClH/c16-14-12(2-1-3-13(14)19(21)22)15(20)18-6-4-10-8-17-9-11(10)5-7-18;/h1-3,10-11,17H,4-9,16H2;1H/t10-,11+;. The van der Waals surface area contributed by atoms with E-state index in [2.05, 4.69) is 5.32 Å². The van der Waals surface area contributed by atoms with E-state index in [-0.39, 0.29) is 35.3 Å². The highest BCUT2D eigenvalue weighted by Crippen LogP contribution is 2.30. The number of benzene rings is 1. The lowest BCUT2D eigenvalue weighted by Crippen LogP contribution is -2.33. The first-order chi connectivity index (χ1) is 10.6. The van der Waals surface area contributed by atoms with Crippen LogP contribution in [0.5, 0.6) is 0 Å². The highest BCUT2D eigenvalue weighted by molar-refractivity contribution is 6.01. The van der Waals surface area contributed by atoms with Crippen LogP contribution in [0.15, 0.2) is 18.2 Å². The molecule has 1 amide bonds. The Labute approximate surface area is 140 Å². The minimum Gasteiger partial charge on any atom is -0.393 e. The predicted molar refractivity (Wildman–Crippen MR) is 89.7 cm³/mol. The van der Waals surface area contributed by atoms with Crippen LogP contribution < -0.4 is 11.1 Å². The van der Waals surface area contributed by atoms with Gasteiger partial charge >= 0.3 is 0 Å². The summed E-state index contributed by atoms with van der Waals surface area (Å²) in [6, 6.07) is 4.40. The highest BCUT2D eigenvalue weighted by Gasteiger charge is 2.32. The summed E-state index contributed by atoms with van der Waals surface area (Å²) in [6.07, 6.45) is 1.94. The van der Waals surface area contributed by atoms with E-state index in [0.29, 0.717) is 24.9 Å². The van der Waals surface area contributed by atoms with Crippen LogP contribution in [-0.4, -0.2) is 41.9 Å². The predicted octanol–water partition coefficient (Wildman–Crippen LogP) is 1.67. The van der Waals surface area contributed by atoms with E-state index < -0.39 is 4.92 Å². The van der Waals surface area contributed by atoms with Crippen molar-refractivity contribution in [2.24, 2.45) is 11.8 Å². The SMILES string of the molecule is Cl.Nc1c(C(=O)N2CC[C@@H]3CNC[C@@H]3CC2)cccc1[N+](=O)[O-]. The number of halogens is 1. The fourth-order valence-electron chi connectivity index (χ4n) is 3.49. The van der Waals surface area contributed by atoms with Crippen LogP contribution in [0.25, 0.3) is 0 Å². The number of nitro benzene ring substituents is 1. The number of amides is 1. The summed E-state index contributed by atoms with van der Waals surface area (Å²) in [6.45, 7) is 3.41. The van der Waals surface area contributed by atoms with Gasteiger partial charge < -0.3 is 16.0 Å². The van der Waals surface area contributed by atoms with E-state index in [1.807, 2.05) is 0 Å². The smallest absolute Gasteiger partial charge is 0.292 e. The lowest BCUT2D eigenvalue weighted by atomic mass is 9.92. The number of fused-ring (bicyclic) bond motifs is 1. The van der Waals surface area contributed by atoms with Crippen LogP contribution in [0, 0.1) is 22.0 Å². The fourth-order valence-corrected chi connectivity index (χ4v) is 3.49. The molecule has 0 spiro atoms. The first-order valence-electron chi connectivity index (χ1n) is 7.61. The number of nitro groups is 1. The molecule has 2 saturated heterocycles. The van der Waals surface area contributed by atoms with Gasteiger partial charge in [-0.15, -0.1) is 12.4 Å². The van der Waals surface area contributed by atoms with Crippen molar-refractivity contribution in [3.63, 3.8) is 0 Å². The molecular weight excluding hydrogens is 320 g/mol. The first-order valence-corrected chi connectivity index (χ1v) is 7.61. The zero-order chi connectivity index (χ0) is 15.7. The Balaban J connectivity index is 0.00000192. The van der Waals surface area contributed by atoms with Gasteiger partial charge in [0.05, 0.1) is 10.5 Å². The number of hydrogen-bond acceptors (Lipinski definition) is 5. The topological polar surface area (TPSA) is 102 Å². The van der Waals surface area contributed by atoms with E-state index in [1.54, 1.807) is 11.0 Å². The normalized spacial score (nSPS) is 23.6. The van der Waals surface area contributed by atoms with Gasteiger partial charge in [0, 0.05) is 19.2 Å². The van der Waals surface area contributed by atoms with Gasteiger partial charge in [-0.3, -0.25) is 14.9 Å². The monoisotopic (exact) mass is 340 g/mol. The lowest BCUT2D eigenvalue weighted by molar-refractivity contribution is -0.383. The molecule has 0 aliphatic carbocycles. The molecule has 23 heavy (non-hydrogen) atoms. The molecule has 2 atom stereocenters. The molecule has 0 bridgehead atoms. The van der Waals surface area contributed by atoms with Crippen molar-refractivity contribution >= 4 is 29.7 Å². The molecule has 126 valence electrons. The van der Waals surface area contributed by atoms with Gasteiger partial charge in [-0.25, -0.2) is 0 Å². The van der Waals surface area contributed by atoms with Gasteiger partial charge in [0.2, 0.25) is 0 Å². The number of likely N-dealkylation sites (tertiary alicyclic amines) is 1. The molecule has 7 nitrogen and oxygen atoms in total. The fraction of sp³-hybridized carbons (Fsp3) is 0.533. The number of nitrogens with zero attached hydrogens (tertiary/aromatic N) is 2. The van der Waals surface area contributed by atoms with Gasteiger partial charge in [-0.05, 0) is 43.8 Å². The third-order valence-corrected chi connectivity index (χ3v) is 4.82. The van der Waals surface area contributed by atoms with Crippen molar-refractivity contribution in [2.45, 2.75) is 12.8 Å². The van der Waals surface area contributed by atoms with Gasteiger partial charge in [0.1, 0.15) is 5.69 Å². The third-order valence-electron chi connectivity index (χ3n) is 4.82. The lowest BCUT2D eigenvalue weighted by Gasteiger charge is -2.21. The summed E-state index contributed by atoms with van der Waals surface area (Å²) >= 11 is 0. The Kier molecular flexibility index (Phi) is 5.43. The average molecular weight is 341 g/mol. The number of nitrogen functional groups attached to an aromatic ring is 1. The maximum atomic E-state index is 12.7. The van der Waals surface area contributed by atoms with Gasteiger partial charge in [-0.1, -0.05) is 6.07 Å². The molecule has 0 unspecified atom stereocenters. The Morgan fingerprint density at radius 3 is 2.43 bits per heavy atom. The molecule has 0 radical (unpaired) electrons. The summed E-state index contributed by atoms with van der Waals surface area (Å²) < 4.78 is 0. The van der Waals surface area contributed by atoms with Crippen LogP contribution in [0.1, 0.15) is 23.2 Å². The Morgan fingerprint density at radius 2 is 1.87 bits per heavy atom. The molecule has 1 aromatic rings. The number of nitrogens with one attached hydrogen (secondary N) is 1. The molecule has 8 heteroatoms. The van der Waals surface area contributed by atoms with Crippen LogP contribution in [0.2, 0.25) is 0 Å². The van der Waals surface area contributed by atoms with E-state index >= 15 is 0 Å². The summed E-state index contributed by atoms with van der Waals surface area (Å²) in [5.74, 6) is 1.05. The molecule has 2 heterocycles. The largest absolute Gasteiger partial charge is 0.393 e. The van der Waals surface area contributed by atoms with Crippen LogP contribution in [0.3, 0.4) is 0 Å². The Hall–Kier alpha value is -1.86. The molecule has 2 fully saturated rings. The Morgan fingerprint density at radius 1 is 1.26 bits per heavy atom. The van der Waals surface area contributed by atoms with Gasteiger partial charge in [-0.2, -0.15) is 0 Å². The van der Waals surface area contributed by atoms with E-state index in [4.69, 9.17) is 5.73 Å². The molecule has 0 saturated carbocycles. The van der Waals surface area contributed by atoms with E-state index in [9.17, 15) is 14.9 Å². The maximum absolute atomic E-state index is 12.7. The number of rotatable bonds is 2. The van der Waals surface area contributed by atoms with E-state index in [0.717, 1.165) is 25.9 Å². The quantitative estimate of drug-likeness (QED) is 0.484. The van der Waals surface area contributed by atoms with Gasteiger partial charge in [0.15, 0.2) is 0 Å². The zero-order valence-electron chi connectivity index (χ0n) is 12.7. The number of carbonyl (C=O) groups excluding carboxylic acids is 1. The molecule has 3 N–H and O–H groups in total. The number of anilines is 1. The van der Waals surface area contributed by atoms with Gasteiger partial charge in [0.25, 0.3) is 11.6 Å². The summed E-state index contributed by atoms with van der Waals surface area (Å²) in [4.78, 5) is 24.9. The summed E-state index contributed by atoms with van der Waals surface area (Å²) in [7, 11) is 0. The van der Waals surface area contributed by atoms with Crippen LogP contribution >= 0.6 is 12.4 Å². The number of para-hydroxylation sites is 1. The number of carbonyl (C=O) groups is 1. The van der Waals surface area contributed by atoms with Crippen molar-refractivity contribution in [1.29, 1.82) is 0 Å². The highest BCUT2D eigenvalue weighted by atomic mass is 35.5. The van der Waals surface area contributed by atoms with Crippen molar-refractivity contribution in [2.75, 3.05) is 31.9 Å². The molecule has 1 aromatic carbocycles. The second-order valence-electron chi connectivity index (χ2n) is 6.04. The molecule has 2 aliphatic heterocycles. The second-order valence-corrected chi connectivity index (χ2v) is 6.04. The Bertz CT molecular complexity index is 596. The van der Waals surface area contributed by atoms with Crippen molar-refractivity contribution in [3.05, 3.63) is 33.9 Å². The summed E-state index contributed by atoms with van der Waals surface area (Å²) in [5.41, 5.74) is 5.81. The van der Waals surface area contributed by atoms with Crippen LogP contribution in [0.4, 0.5) is 11.4 Å².